The number of rotatable bonds is 1. The van der Waals surface area contributed by atoms with Gasteiger partial charge in [-0.3, -0.25) is 0 Å². The second-order valence-corrected chi connectivity index (χ2v) is 2.97. The smallest absolute Gasteiger partial charge is 0.135 e. The van der Waals surface area contributed by atoms with Crippen molar-refractivity contribution in [2.75, 3.05) is 6.54 Å². The van der Waals surface area contributed by atoms with Crippen LogP contribution < -0.4 is 5.73 Å². The third kappa shape index (κ3) is 0.736. The minimum absolute atomic E-state index is 0.374. The first-order chi connectivity index (χ1) is 4.92. The van der Waals surface area contributed by atoms with Crippen LogP contribution in [0.4, 0.5) is 0 Å². The normalized spacial score (nSPS) is 37.1. The van der Waals surface area contributed by atoms with E-state index in [9.17, 15) is 0 Å². The molecule has 0 aromatic heterocycles. The maximum atomic E-state index is 5.48. The largest absolute Gasteiger partial charge is 0.392 e. The number of nitrogens with zero attached hydrogens (tertiary/aromatic N) is 1. The van der Waals surface area contributed by atoms with E-state index < -0.39 is 0 Å². The number of hydrogen-bond donors (Lipinski definition) is 1. The van der Waals surface area contributed by atoms with Gasteiger partial charge in [0.05, 0.1) is 5.71 Å². The molecular formula is C7H12N2O. The summed E-state index contributed by atoms with van der Waals surface area (Å²) in [7, 11) is 0. The van der Waals surface area contributed by atoms with Gasteiger partial charge in [-0.25, -0.2) is 0 Å². The van der Waals surface area contributed by atoms with Gasteiger partial charge in [-0.1, -0.05) is 5.16 Å². The van der Waals surface area contributed by atoms with Crippen molar-refractivity contribution in [2.45, 2.75) is 25.4 Å². The molecule has 1 saturated carbocycles. The summed E-state index contributed by atoms with van der Waals surface area (Å²) in [5, 5.41) is 3.93. The molecule has 1 fully saturated rings. The Balaban J connectivity index is 2.10. The van der Waals surface area contributed by atoms with Crippen molar-refractivity contribution in [3.05, 3.63) is 0 Å². The van der Waals surface area contributed by atoms with Crippen LogP contribution in [0.15, 0.2) is 5.16 Å². The highest BCUT2D eigenvalue weighted by Crippen LogP contribution is 2.33. The Morgan fingerprint density at radius 1 is 1.60 bits per heavy atom. The SMILES string of the molecule is NCC1=NO[C@@H]2CCC[C@@H]12. The molecule has 0 amide bonds. The summed E-state index contributed by atoms with van der Waals surface area (Å²) in [5.74, 6) is 0.560. The summed E-state index contributed by atoms with van der Waals surface area (Å²) in [4.78, 5) is 5.19. The van der Waals surface area contributed by atoms with Crippen molar-refractivity contribution in [3.8, 4) is 0 Å². The summed E-state index contributed by atoms with van der Waals surface area (Å²) in [6, 6.07) is 0. The van der Waals surface area contributed by atoms with Crippen molar-refractivity contribution < 1.29 is 4.84 Å². The molecule has 0 bridgehead atoms. The molecule has 10 heavy (non-hydrogen) atoms. The van der Waals surface area contributed by atoms with E-state index in [1.54, 1.807) is 0 Å². The topological polar surface area (TPSA) is 47.6 Å². The summed E-state index contributed by atoms with van der Waals surface area (Å²) in [6.07, 6.45) is 4.03. The van der Waals surface area contributed by atoms with Gasteiger partial charge in [-0.2, -0.15) is 0 Å². The molecule has 3 nitrogen and oxygen atoms in total. The van der Waals surface area contributed by atoms with E-state index in [-0.39, 0.29) is 0 Å². The molecule has 0 saturated heterocycles. The summed E-state index contributed by atoms with van der Waals surface area (Å²) >= 11 is 0. The zero-order chi connectivity index (χ0) is 6.97. The van der Waals surface area contributed by atoms with E-state index in [0.717, 1.165) is 12.1 Å². The van der Waals surface area contributed by atoms with Crippen LogP contribution in [0, 0.1) is 5.92 Å². The molecule has 2 rings (SSSR count). The Kier molecular flexibility index (Phi) is 1.38. The van der Waals surface area contributed by atoms with Crippen molar-refractivity contribution in [1.82, 2.24) is 0 Å². The van der Waals surface area contributed by atoms with E-state index in [2.05, 4.69) is 5.16 Å². The van der Waals surface area contributed by atoms with E-state index in [0.29, 0.717) is 18.6 Å². The van der Waals surface area contributed by atoms with Gasteiger partial charge in [0.25, 0.3) is 0 Å². The third-order valence-electron chi connectivity index (χ3n) is 2.40. The predicted octanol–water partition coefficient (Wildman–Crippen LogP) is 0.500. The van der Waals surface area contributed by atoms with Crippen LogP contribution in [0.5, 0.6) is 0 Å². The minimum atomic E-state index is 0.374. The lowest BCUT2D eigenvalue weighted by Gasteiger charge is -2.05. The Morgan fingerprint density at radius 3 is 3.30 bits per heavy atom. The molecule has 0 aromatic rings. The molecule has 3 heteroatoms. The van der Waals surface area contributed by atoms with Gasteiger partial charge in [-0.05, 0) is 19.3 Å². The fraction of sp³-hybridized carbons (Fsp3) is 0.857. The average molecular weight is 140 g/mol. The standard InChI is InChI=1S/C7H12N2O/c8-4-6-5-2-1-3-7(5)10-9-6/h5,7H,1-4,8H2/t5-,7+/m0/s1. The molecule has 2 N–H and O–H groups in total. The van der Waals surface area contributed by atoms with Crippen molar-refractivity contribution in [3.63, 3.8) is 0 Å². The number of oxime groups is 1. The van der Waals surface area contributed by atoms with Gasteiger partial charge >= 0.3 is 0 Å². The van der Waals surface area contributed by atoms with Gasteiger partial charge in [0.2, 0.25) is 0 Å². The highest BCUT2D eigenvalue weighted by molar-refractivity contribution is 5.89. The van der Waals surface area contributed by atoms with Gasteiger partial charge < -0.3 is 10.6 Å². The highest BCUT2D eigenvalue weighted by Gasteiger charge is 2.36. The van der Waals surface area contributed by atoms with Crippen LogP contribution in [-0.2, 0) is 4.84 Å². The predicted molar refractivity (Wildman–Crippen MR) is 38.7 cm³/mol. The van der Waals surface area contributed by atoms with Crippen molar-refractivity contribution >= 4 is 5.71 Å². The summed E-state index contributed by atoms with van der Waals surface area (Å²) in [5.41, 5.74) is 6.55. The van der Waals surface area contributed by atoms with Crippen LogP contribution in [0.1, 0.15) is 19.3 Å². The minimum Gasteiger partial charge on any atom is -0.392 e. The fourth-order valence-electron chi connectivity index (χ4n) is 1.83. The molecule has 1 heterocycles. The van der Waals surface area contributed by atoms with Crippen molar-refractivity contribution in [1.29, 1.82) is 0 Å². The Labute approximate surface area is 60.2 Å². The first kappa shape index (κ1) is 6.16. The van der Waals surface area contributed by atoms with E-state index in [1.807, 2.05) is 0 Å². The average Bonchev–Trinajstić information content (AvgIpc) is 2.44. The quantitative estimate of drug-likeness (QED) is 0.576. The molecule has 1 aliphatic carbocycles. The number of nitrogens with two attached hydrogens (primary N) is 1. The Hall–Kier alpha value is -0.570. The first-order valence-corrected chi connectivity index (χ1v) is 3.84. The van der Waals surface area contributed by atoms with Gasteiger partial charge in [0, 0.05) is 12.5 Å². The highest BCUT2D eigenvalue weighted by atomic mass is 16.6. The number of hydrogen-bond acceptors (Lipinski definition) is 3. The lowest BCUT2D eigenvalue weighted by atomic mass is 10.0. The van der Waals surface area contributed by atoms with Crippen LogP contribution in [-0.4, -0.2) is 18.4 Å². The molecule has 0 radical (unpaired) electrons. The zero-order valence-electron chi connectivity index (χ0n) is 5.92. The maximum Gasteiger partial charge on any atom is 0.135 e. The molecule has 56 valence electrons. The second kappa shape index (κ2) is 2.23. The molecule has 2 aliphatic rings. The van der Waals surface area contributed by atoms with Crippen LogP contribution in [0.25, 0.3) is 0 Å². The van der Waals surface area contributed by atoms with E-state index in [4.69, 9.17) is 10.6 Å². The van der Waals surface area contributed by atoms with Gasteiger partial charge in [0.15, 0.2) is 0 Å². The summed E-state index contributed by atoms with van der Waals surface area (Å²) in [6.45, 7) is 0.571. The van der Waals surface area contributed by atoms with Gasteiger partial charge in [-0.15, -0.1) is 0 Å². The van der Waals surface area contributed by atoms with Crippen molar-refractivity contribution in [2.24, 2.45) is 16.8 Å². The number of fused-ring (bicyclic) bond motifs is 1. The maximum absolute atomic E-state index is 5.48. The molecule has 0 spiro atoms. The molecule has 1 aliphatic heterocycles. The second-order valence-electron chi connectivity index (χ2n) is 2.97. The lowest BCUT2D eigenvalue weighted by Crippen LogP contribution is -2.23. The van der Waals surface area contributed by atoms with E-state index >= 15 is 0 Å². The molecule has 0 aromatic carbocycles. The summed E-state index contributed by atoms with van der Waals surface area (Å²) < 4.78 is 0. The molecule has 2 atom stereocenters. The fourth-order valence-corrected chi connectivity index (χ4v) is 1.83. The third-order valence-corrected chi connectivity index (χ3v) is 2.40. The zero-order valence-corrected chi connectivity index (χ0v) is 5.92. The monoisotopic (exact) mass is 140 g/mol. The van der Waals surface area contributed by atoms with Crippen LogP contribution in [0.3, 0.4) is 0 Å². The Morgan fingerprint density at radius 2 is 2.50 bits per heavy atom. The molecular weight excluding hydrogens is 128 g/mol. The van der Waals surface area contributed by atoms with Crippen LogP contribution >= 0.6 is 0 Å². The van der Waals surface area contributed by atoms with Crippen LogP contribution in [0.2, 0.25) is 0 Å². The first-order valence-electron chi connectivity index (χ1n) is 3.84. The Bertz CT molecular complexity index is 167. The lowest BCUT2D eigenvalue weighted by molar-refractivity contribution is 0.0746. The van der Waals surface area contributed by atoms with Gasteiger partial charge in [0.1, 0.15) is 6.10 Å². The molecule has 0 unspecified atom stereocenters. The van der Waals surface area contributed by atoms with E-state index in [1.165, 1.54) is 12.8 Å².